The van der Waals surface area contributed by atoms with Gasteiger partial charge in [0.15, 0.2) is 0 Å². The van der Waals surface area contributed by atoms with E-state index >= 15 is 0 Å². The quantitative estimate of drug-likeness (QED) is 0.702. The number of nitrogens with zero attached hydrogens (tertiary/aromatic N) is 1. The number of thiophene rings is 1. The fraction of sp³-hybridized carbons (Fsp3) is 0.389. The summed E-state index contributed by atoms with van der Waals surface area (Å²) in [5, 5.41) is 2.70. The van der Waals surface area contributed by atoms with E-state index in [1.807, 2.05) is 41.3 Å². The van der Waals surface area contributed by atoms with E-state index in [9.17, 15) is 4.79 Å². The standard InChI is InChI=1S/C18H21NOS3/c20-18(9-13-21-15-5-2-1-3-6-15)19-10-8-17(23-14-11-19)16-7-4-12-22-16/h1-7,12,17H,8-11,13-14H2/t17-/m1/s1. The second-order valence-electron chi connectivity index (χ2n) is 5.46. The summed E-state index contributed by atoms with van der Waals surface area (Å²) in [6, 6.07) is 14.6. The van der Waals surface area contributed by atoms with Gasteiger partial charge in [-0.05, 0) is 30.0 Å². The Hall–Kier alpha value is -0.910. The molecule has 1 fully saturated rings. The van der Waals surface area contributed by atoms with Crippen LogP contribution in [0.15, 0.2) is 52.7 Å². The van der Waals surface area contributed by atoms with E-state index in [1.165, 1.54) is 9.77 Å². The van der Waals surface area contributed by atoms with Gasteiger partial charge in [-0.25, -0.2) is 0 Å². The van der Waals surface area contributed by atoms with Crippen molar-refractivity contribution in [1.82, 2.24) is 4.90 Å². The summed E-state index contributed by atoms with van der Waals surface area (Å²) in [7, 11) is 0. The molecule has 2 nitrogen and oxygen atoms in total. The van der Waals surface area contributed by atoms with Crippen molar-refractivity contribution in [2.75, 3.05) is 24.6 Å². The molecule has 1 aliphatic heterocycles. The molecule has 2 heterocycles. The third-order valence-corrected chi connectivity index (χ3v) is 7.34. The monoisotopic (exact) mass is 363 g/mol. The molecule has 2 aromatic rings. The van der Waals surface area contributed by atoms with Crippen LogP contribution in [0.25, 0.3) is 0 Å². The number of carbonyl (C=O) groups is 1. The molecule has 1 aliphatic rings. The normalized spacial score (nSPS) is 18.6. The summed E-state index contributed by atoms with van der Waals surface area (Å²) in [6.45, 7) is 1.78. The zero-order chi connectivity index (χ0) is 15.9. The molecule has 3 rings (SSSR count). The Bertz CT molecular complexity index is 600. The molecule has 1 aromatic heterocycles. The third kappa shape index (κ3) is 5.03. The molecular formula is C18H21NOS3. The van der Waals surface area contributed by atoms with E-state index < -0.39 is 0 Å². The van der Waals surface area contributed by atoms with Crippen LogP contribution in [-0.4, -0.2) is 35.4 Å². The van der Waals surface area contributed by atoms with E-state index in [2.05, 4.69) is 34.5 Å². The van der Waals surface area contributed by atoms with Gasteiger partial charge in [0.25, 0.3) is 0 Å². The van der Waals surface area contributed by atoms with Crippen LogP contribution in [0.2, 0.25) is 0 Å². The van der Waals surface area contributed by atoms with Gasteiger partial charge < -0.3 is 4.90 Å². The number of hydrogen-bond donors (Lipinski definition) is 0. The second-order valence-corrected chi connectivity index (χ2v) is 8.91. The van der Waals surface area contributed by atoms with Gasteiger partial charge in [0.1, 0.15) is 0 Å². The maximum absolute atomic E-state index is 12.4. The maximum atomic E-state index is 12.4. The van der Waals surface area contributed by atoms with Crippen LogP contribution in [0.3, 0.4) is 0 Å². The van der Waals surface area contributed by atoms with Gasteiger partial charge >= 0.3 is 0 Å². The number of carbonyl (C=O) groups excluding carboxylic acids is 1. The summed E-state index contributed by atoms with van der Waals surface area (Å²) in [5.74, 6) is 2.21. The number of amides is 1. The minimum absolute atomic E-state index is 0.306. The van der Waals surface area contributed by atoms with Crippen molar-refractivity contribution in [3.63, 3.8) is 0 Å². The summed E-state index contributed by atoms with van der Waals surface area (Å²) in [6.07, 6.45) is 1.71. The van der Waals surface area contributed by atoms with Gasteiger partial charge in [-0.2, -0.15) is 11.8 Å². The van der Waals surface area contributed by atoms with Crippen LogP contribution in [0.4, 0.5) is 0 Å². The van der Waals surface area contributed by atoms with E-state index in [1.54, 1.807) is 11.8 Å². The van der Waals surface area contributed by atoms with Crippen molar-refractivity contribution in [3.05, 3.63) is 52.7 Å². The minimum atomic E-state index is 0.306. The second kappa shape index (κ2) is 8.81. The Morgan fingerprint density at radius 1 is 1.17 bits per heavy atom. The van der Waals surface area contributed by atoms with Crippen LogP contribution in [-0.2, 0) is 4.79 Å². The largest absolute Gasteiger partial charge is 0.342 e. The summed E-state index contributed by atoms with van der Waals surface area (Å²) >= 11 is 5.59. The predicted octanol–water partition coefficient (Wildman–Crippen LogP) is 4.94. The molecule has 1 atom stereocenters. The Labute approximate surface area is 150 Å². The average Bonchev–Trinajstić information content (AvgIpc) is 3.00. The Morgan fingerprint density at radius 3 is 2.83 bits per heavy atom. The highest BCUT2D eigenvalue weighted by Crippen LogP contribution is 2.36. The first kappa shape index (κ1) is 16.9. The third-order valence-electron chi connectivity index (χ3n) is 3.88. The zero-order valence-electron chi connectivity index (χ0n) is 13.0. The van der Waals surface area contributed by atoms with Gasteiger partial charge in [-0.3, -0.25) is 4.79 Å². The van der Waals surface area contributed by atoms with Crippen molar-refractivity contribution in [2.24, 2.45) is 0 Å². The molecule has 0 bridgehead atoms. The summed E-state index contributed by atoms with van der Waals surface area (Å²) < 4.78 is 0. The van der Waals surface area contributed by atoms with Crippen LogP contribution in [0.5, 0.6) is 0 Å². The highest BCUT2D eigenvalue weighted by molar-refractivity contribution is 7.99. The van der Waals surface area contributed by atoms with E-state index in [-0.39, 0.29) is 0 Å². The smallest absolute Gasteiger partial charge is 0.223 e. The van der Waals surface area contributed by atoms with Gasteiger partial charge in [-0.1, -0.05) is 24.3 Å². The Morgan fingerprint density at radius 2 is 2.04 bits per heavy atom. The minimum Gasteiger partial charge on any atom is -0.342 e. The molecule has 0 N–H and O–H groups in total. The lowest BCUT2D eigenvalue weighted by atomic mass is 10.2. The number of rotatable bonds is 5. The van der Waals surface area contributed by atoms with Crippen molar-refractivity contribution in [2.45, 2.75) is 23.0 Å². The molecule has 122 valence electrons. The SMILES string of the molecule is O=C(CCSc1ccccc1)N1CCS[C@@H](c2cccs2)CC1. The topological polar surface area (TPSA) is 20.3 Å². The molecule has 1 aromatic carbocycles. The van der Waals surface area contributed by atoms with Crippen molar-refractivity contribution in [1.29, 1.82) is 0 Å². The molecule has 0 aliphatic carbocycles. The van der Waals surface area contributed by atoms with Gasteiger partial charge in [0, 0.05) is 46.0 Å². The van der Waals surface area contributed by atoms with Gasteiger partial charge in [0.05, 0.1) is 0 Å². The van der Waals surface area contributed by atoms with E-state index in [0.29, 0.717) is 17.6 Å². The lowest BCUT2D eigenvalue weighted by molar-refractivity contribution is -0.130. The maximum Gasteiger partial charge on any atom is 0.223 e. The molecule has 1 amide bonds. The fourth-order valence-electron chi connectivity index (χ4n) is 2.65. The molecule has 0 spiro atoms. The van der Waals surface area contributed by atoms with E-state index in [0.717, 1.165) is 31.0 Å². The van der Waals surface area contributed by atoms with Crippen LogP contribution in [0.1, 0.15) is 23.0 Å². The van der Waals surface area contributed by atoms with Gasteiger partial charge in [0.2, 0.25) is 5.91 Å². The summed E-state index contributed by atoms with van der Waals surface area (Å²) in [4.78, 5) is 17.2. The van der Waals surface area contributed by atoms with Crippen LogP contribution in [0, 0.1) is 0 Å². The first-order valence-electron chi connectivity index (χ1n) is 7.93. The summed E-state index contributed by atoms with van der Waals surface area (Å²) in [5.41, 5.74) is 0. The fourth-order valence-corrected chi connectivity index (χ4v) is 5.75. The first-order chi connectivity index (χ1) is 11.3. The van der Waals surface area contributed by atoms with Crippen LogP contribution >= 0.6 is 34.9 Å². The Balaban J connectivity index is 1.44. The molecular weight excluding hydrogens is 342 g/mol. The molecule has 0 radical (unpaired) electrons. The first-order valence-corrected chi connectivity index (χ1v) is 10.8. The van der Waals surface area contributed by atoms with Gasteiger partial charge in [-0.15, -0.1) is 23.1 Å². The molecule has 0 unspecified atom stereocenters. The zero-order valence-corrected chi connectivity index (χ0v) is 15.5. The molecule has 1 saturated heterocycles. The average molecular weight is 364 g/mol. The van der Waals surface area contributed by atoms with E-state index in [4.69, 9.17) is 0 Å². The number of benzene rings is 1. The van der Waals surface area contributed by atoms with Crippen molar-refractivity contribution >= 4 is 40.8 Å². The number of hydrogen-bond acceptors (Lipinski definition) is 4. The lowest BCUT2D eigenvalue weighted by Gasteiger charge is -2.20. The van der Waals surface area contributed by atoms with Crippen molar-refractivity contribution in [3.8, 4) is 0 Å². The highest BCUT2D eigenvalue weighted by atomic mass is 32.2. The highest BCUT2D eigenvalue weighted by Gasteiger charge is 2.22. The molecule has 5 heteroatoms. The lowest BCUT2D eigenvalue weighted by Crippen LogP contribution is -2.33. The van der Waals surface area contributed by atoms with Crippen molar-refractivity contribution < 1.29 is 4.79 Å². The number of thioether (sulfide) groups is 2. The Kier molecular flexibility index (Phi) is 6.48. The molecule has 23 heavy (non-hydrogen) atoms. The predicted molar refractivity (Wildman–Crippen MR) is 102 cm³/mol. The van der Waals surface area contributed by atoms with Crippen LogP contribution < -0.4 is 0 Å². The molecule has 0 saturated carbocycles.